The Balaban J connectivity index is 0. The molecule has 0 spiro atoms. The summed E-state index contributed by atoms with van der Waals surface area (Å²) in [6.07, 6.45) is -2.95. The molecule has 0 bridgehead atoms. The molecule has 0 aromatic heterocycles. The standard InChI is InChI=1S/C6H7O6.Na.H2O/c7-1-2(8)5-3(9)4(10)6(11)12-5;;/h2,5,8-10H,1H2;;1H2/q-1;+1;/t2-,5-;;/m1../s1. The van der Waals surface area contributed by atoms with Crippen LogP contribution in [0.1, 0.15) is 0 Å². The monoisotopic (exact) mass is 216 g/mol. The Morgan fingerprint density at radius 2 is 2.00 bits per heavy atom. The molecule has 1 aliphatic heterocycles. The van der Waals surface area contributed by atoms with Gasteiger partial charge in [-0.3, -0.25) is 0 Å². The number of aliphatic hydroxyl groups is 3. The van der Waals surface area contributed by atoms with E-state index in [4.69, 9.17) is 15.3 Å². The van der Waals surface area contributed by atoms with Gasteiger partial charge in [0.25, 0.3) is 0 Å². The molecular weight excluding hydrogens is 207 g/mol. The van der Waals surface area contributed by atoms with Gasteiger partial charge in [-0.05, 0) is 0 Å². The van der Waals surface area contributed by atoms with E-state index in [9.17, 15) is 9.90 Å². The van der Waals surface area contributed by atoms with Gasteiger partial charge in [0.1, 0.15) is 0 Å². The van der Waals surface area contributed by atoms with Crippen molar-refractivity contribution in [3.63, 3.8) is 0 Å². The minimum absolute atomic E-state index is 0. The van der Waals surface area contributed by atoms with Gasteiger partial charge in [-0.25, -0.2) is 4.79 Å². The van der Waals surface area contributed by atoms with E-state index in [1.165, 1.54) is 0 Å². The summed E-state index contributed by atoms with van der Waals surface area (Å²) in [5.41, 5.74) is 0. The molecule has 0 fully saturated rings. The van der Waals surface area contributed by atoms with Crippen molar-refractivity contribution in [1.82, 2.24) is 0 Å². The number of cyclic esters (lactones) is 1. The first-order valence-corrected chi connectivity index (χ1v) is 3.17. The van der Waals surface area contributed by atoms with Crippen LogP contribution in [0.3, 0.4) is 0 Å². The zero-order chi connectivity index (χ0) is 9.30. The van der Waals surface area contributed by atoms with Crippen molar-refractivity contribution in [3.05, 3.63) is 11.5 Å². The van der Waals surface area contributed by atoms with Crippen molar-refractivity contribution in [2.75, 3.05) is 6.61 Å². The molecule has 1 aliphatic rings. The molecule has 0 saturated heterocycles. The molecule has 5 N–H and O–H groups in total. The molecule has 0 aromatic carbocycles. The van der Waals surface area contributed by atoms with E-state index in [1.54, 1.807) is 0 Å². The van der Waals surface area contributed by atoms with Gasteiger partial charge in [-0.15, -0.1) is 6.61 Å². The van der Waals surface area contributed by atoms with Crippen molar-refractivity contribution in [1.29, 1.82) is 0 Å². The second kappa shape index (κ2) is 6.23. The molecule has 0 aromatic rings. The van der Waals surface area contributed by atoms with Gasteiger partial charge >= 0.3 is 35.5 Å². The van der Waals surface area contributed by atoms with Gasteiger partial charge in [0.05, 0.1) is 6.10 Å². The Morgan fingerprint density at radius 3 is 2.29 bits per heavy atom. The molecule has 0 amide bonds. The van der Waals surface area contributed by atoms with E-state index < -0.39 is 36.3 Å². The summed E-state index contributed by atoms with van der Waals surface area (Å²) in [6.45, 7) is -0.921. The third-order valence-corrected chi connectivity index (χ3v) is 1.46. The SMILES string of the molecule is O.O=C1O[C@H]([C@H](O)C[O-])C(O)=C1O.[Na+]. The van der Waals surface area contributed by atoms with Crippen molar-refractivity contribution < 1.29 is 65.0 Å². The zero-order valence-electron chi connectivity index (χ0n) is 7.43. The van der Waals surface area contributed by atoms with Crippen molar-refractivity contribution in [2.24, 2.45) is 0 Å². The van der Waals surface area contributed by atoms with Crippen LogP contribution in [0.4, 0.5) is 0 Å². The normalized spacial score (nSPS) is 22.1. The molecule has 0 aliphatic carbocycles. The molecule has 0 saturated carbocycles. The number of aliphatic hydroxyl groups excluding tert-OH is 3. The van der Waals surface area contributed by atoms with Crippen LogP contribution in [0.2, 0.25) is 0 Å². The molecule has 14 heavy (non-hydrogen) atoms. The van der Waals surface area contributed by atoms with Crippen LogP contribution in [0, 0.1) is 0 Å². The molecule has 2 atom stereocenters. The topological polar surface area (TPSA) is 142 Å². The molecule has 0 unspecified atom stereocenters. The quantitative estimate of drug-likeness (QED) is 0.310. The number of hydrogen-bond acceptors (Lipinski definition) is 6. The third kappa shape index (κ3) is 2.84. The average Bonchev–Trinajstić information content (AvgIpc) is 2.32. The van der Waals surface area contributed by atoms with Crippen molar-refractivity contribution in [2.45, 2.75) is 12.2 Å². The summed E-state index contributed by atoms with van der Waals surface area (Å²) in [4.78, 5) is 10.5. The largest absolute Gasteiger partial charge is 1.00 e. The Hall–Kier alpha value is -0.310. The predicted octanol–water partition coefficient (Wildman–Crippen LogP) is -5.86. The summed E-state index contributed by atoms with van der Waals surface area (Å²) in [5.74, 6) is -2.87. The van der Waals surface area contributed by atoms with Crippen LogP contribution in [0.15, 0.2) is 11.5 Å². The fourth-order valence-corrected chi connectivity index (χ4v) is 0.814. The van der Waals surface area contributed by atoms with Gasteiger partial charge in [0.15, 0.2) is 11.9 Å². The first-order valence-electron chi connectivity index (χ1n) is 3.17. The molecule has 1 rings (SSSR count). The third-order valence-electron chi connectivity index (χ3n) is 1.46. The van der Waals surface area contributed by atoms with E-state index in [2.05, 4.69) is 4.74 Å². The van der Waals surface area contributed by atoms with Crippen LogP contribution in [-0.4, -0.2) is 45.6 Å². The maximum Gasteiger partial charge on any atom is 1.00 e. The Morgan fingerprint density at radius 1 is 1.50 bits per heavy atom. The fourth-order valence-electron chi connectivity index (χ4n) is 0.814. The number of carbonyl (C=O) groups is 1. The summed E-state index contributed by atoms with van der Waals surface area (Å²) in [7, 11) is 0. The summed E-state index contributed by atoms with van der Waals surface area (Å²) in [5, 5.41) is 36.6. The second-order valence-corrected chi connectivity index (χ2v) is 2.29. The number of hydrogen-bond donors (Lipinski definition) is 3. The Bertz CT molecular complexity index is 238. The molecule has 1 heterocycles. The second-order valence-electron chi connectivity index (χ2n) is 2.29. The fraction of sp³-hybridized carbons (Fsp3) is 0.500. The number of esters is 1. The van der Waals surface area contributed by atoms with Crippen LogP contribution in [-0.2, 0) is 9.53 Å². The van der Waals surface area contributed by atoms with Crippen LogP contribution >= 0.6 is 0 Å². The molecular formula is C6H9NaO7. The van der Waals surface area contributed by atoms with Gasteiger partial charge < -0.3 is 30.6 Å². The van der Waals surface area contributed by atoms with Gasteiger partial charge in [0.2, 0.25) is 5.76 Å². The Kier molecular flexibility index (Phi) is 7.17. The van der Waals surface area contributed by atoms with E-state index in [1.807, 2.05) is 0 Å². The Labute approximate surface area is 101 Å². The summed E-state index contributed by atoms with van der Waals surface area (Å²) in [6, 6.07) is 0. The van der Waals surface area contributed by atoms with E-state index in [0.29, 0.717) is 0 Å². The number of ether oxygens (including phenoxy) is 1. The van der Waals surface area contributed by atoms with Gasteiger partial charge in [0, 0.05) is 0 Å². The van der Waals surface area contributed by atoms with Crippen molar-refractivity contribution in [3.8, 4) is 0 Å². The van der Waals surface area contributed by atoms with E-state index >= 15 is 0 Å². The number of rotatable bonds is 2. The number of carbonyl (C=O) groups excluding carboxylic acids is 1. The maximum atomic E-state index is 10.5. The minimum atomic E-state index is -1.53. The molecule has 8 heteroatoms. The predicted molar refractivity (Wildman–Crippen MR) is 36.7 cm³/mol. The van der Waals surface area contributed by atoms with Crippen LogP contribution in [0.5, 0.6) is 0 Å². The van der Waals surface area contributed by atoms with Crippen molar-refractivity contribution >= 4 is 5.97 Å². The molecule has 76 valence electrons. The average molecular weight is 216 g/mol. The minimum Gasteiger partial charge on any atom is -0.853 e. The molecule has 7 nitrogen and oxygen atoms in total. The van der Waals surface area contributed by atoms with Gasteiger partial charge in [-0.2, -0.15) is 0 Å². The zero-order valence-corrected chi connectivity index (χ0v) is 9.43. The van der Waals surface area contributed by atoms with Crippen LogP contribution in [0.25, 0.3) is 0 Å². The maximum absolute atomic E-state index is 10.5. The summed E-state index contributed by atoms with van der Waals surface area (Å²) < 4.78 is 4.28. The first kappa shape index (κ1) is 16.1. The van der Waals surface area contributed by atoms with E-state index in [-0.39, 0.29) is 35.0 Å². The molecule has 0 radical (unpaired) electrons. The van der Waals surface area contributed by atoms with E-state index in [0.717, 1.165) is 0 Å². The first-order chi connectivity index (χ1) is 5.57. The van der Waals surface area contributed by atoms with Gasteiger partial charge in [-0.1, -0.05) is 0 Å². The smallest absolute Gasteiger partial charge is 0.853 e. The summed E-state index contributed by atoms with van der Waals surface area (Å²) >= 11 is 0. The van der Waals surface area contributed by atoms with Crippen LogP contribution < -0.4 is 34.7 Å².